The van der Waals surface area contributed by atoms with Gasteiger partial charge in [0.2, 0.25) is 0 Å². The van der Waals surface area contributed by atoms with Crippen molar-refractivity contribution in [2.75, 3.05) is 19.8 Å². The fourth-order valence-corrected chi connectivity index (χ4v) is 2.69. The highest BCUT2D eigenvalue weighted by molar-refractivity contribution is 9.10. The summed E-state index contributed by atoms with van der Waals surface area (Å²) in [4.78, 5) is 25.1. The van der Waals surface area contributed by atoms with Crippen LogP contribution in [0.5, 0.6) is 0 Å². The van der Waals surface area contributed by atoms with Gasteiger partial charge in [-0.2, -0.15) is 0 Å². The van der Waals surface area contributed by atoms with Crippen molar-refractivity contribution in [2.45, 2.75) is 25.3 Å². The lowest BCUT2D eigenvalue weighted by atomic mass is 10.0. The summed E-state index contributed by atoms with van der Waals surface area (Å²) in [5.41, 5.74) is 0.579. The molecule has 2 rings (SSSR count). The number of carboxylic acid groups (broad SMARTS) is 1. The zero-order valence-electron chi connectivity index (χ0n) is 11.6. The first-order valence-electron chi connectivity index (χ1n) is 6.94. The average molecular weight is 356 g/mol. The predicted molar refractivity (Wildman–Crippen MR) is 81.3 cm³/mol. The third-order valence-electron chi connectivity index (χ3n) is 3.55. The second kappa shape index (κ2) is 7.56. The van der Waals surface area contributed by atoms with Crippen molar-refractivity contribution >= 4 is 27.8 Å². The normalized spacial score (nSPS) is 15.7. The van der Waals surface area contributed by atoms with E-state index in [0.717, 1.165) is 17.3 Å². The van der Waals surface area contributed by atoms with Crippen molar-refractivity contribution in [1.82, 2.24) is 4.90 Å². The number of rotatable bonds is 5. The molecule has 0 bridgehead atoms. The highest BCUT2D eigenvalue weighted by Gasteiger charge is 2.26. The minimum absolute atomic E-state index is 0.0420. The second-order valence-electron chi connectivity index (χ2n) is 4.99. The first-order chi connectivity index (χ1) is 10.1. The number of carbonyl (C=O) groups is 2. The van der Waals surface area contributed by atoms with Crippen molar-refractivity contribution in [1.29, 1.82) is 0 Å². The molecule has 1 aromatic rings. The molecule has 1 aliphatic heterocycles. The number of aliphatic carboxylic acids is 1. The molecular weight excluding hydrogens is 338 g/mol. The molecule has 0 spiro atoms. The minimum Gasteiger partial charge on any atom is -0.481 e. The third-order valence-corrected chi connectivity index (χ3v) is 4.08. The molecule has 0 atom stereocenters. The zero-order chi connectivity index (χ0) is 15.2. The summed E-state index contributed by atoms with van der Waals surface area (Å²) in [5, 5.41) is 8.88. The largest absolute Gasteiger partial charge is 0.481 e. The maximum absolute atomic E-state index is 12.6. The molecule has 114 valence electrons. The highest BCUT2D eigenvalue weighted by Crippen LogP contribution is 2.19. The summed E-state index contributed by atoms with van der Waals surface area (Å²) in [6.07, 6.45) is 1.46. The van der Waals surface area contributed by atoms with Gasteiger partial charge >= 0.3 is 5.97 Å². The Morgan fingerprint density at radius 2 is 1.86 bits per heavy atom. The SMILES string of the molecule is O=C(O)CCN(C(=O)c1ccc(Br)cc1)C1CCOCC1. The van der Waals surface area contributed by atoms with Crippen LogP contribution in [0.1, 0.15) is 29.6 Å². The van der Waals surface area contributed by atoms with E-state index >= 15 is 0 Å². The molecule has 0 aromatic heterocycles. The van der Waals surface area contributed by atoms with Crippen LogP contribution in [0.2, 0.25) is 0 Å². The Morgan fingerprint density at radius 3 is 2.43 bits per heavy atom. The minimum atomic E-state index is -0.893. The Labute approximate surface area is 132 Å². The van der Waals surface area contributed by atoms with Crippen LogP contribution in [0.4, 0.5) is 0 Å². The predicted octanol–water partition coefficient (Wildman–Crippen LogP) is 2.55. The summed E-state index contributed by atoms with van der Waals surface area (Å²) in [7, 11) is 0. The van der Waals surface area contributed by atoms with Gasteiger partial charge in [0.1, 0.15) is 0 Å². The highest BCUT2D eigenvalue weighted by atomic mass is 79.9. The Balaban J connectivity index is 2.14. The lowest BCUT2D eigenvalue weighted by Gasteiger charge is -2.34. The average Bonchev–Trinajstić information content (AvgIpc) is 2.49. The lowest BCUT2D eigenvalue weighted by molar-refractivity contribution is -0.137. The van der Waals surface area contributed by atoms with E-state index in [0.29, 0.717) is 18.8 Å². The van der Waals surface area contributed by atoms with Crippen molar-refractivity contribution in [3.63, 3.8) is 0 Å². The molecule has 6 heteroatoms. The number of hydrogen-bond acceptors (Lipinski definition) is 3. The third kappa shape index (κ3) is 4.54. The summed E-state index contributed by atoms with van der Waals surface area (Å²) >= 11 is 3.34. The van der Waals surface area contributed by atoms with Crippen LogP contribution in [-0.2, 0) is 9.53 Å². The van der Waals surface area contributed by atoms with E-state index in [9.17, 15) is 9.59 Å². The van der Waals surface area contributed by atoms with Crippen molar-refractivity contribution in [2.24, 2.45) is 0 Å². The Hall–Kier alpha value is -1.40. The van der Waals surface area contributed by atoms with Crippen LogP contribution in [0.25, 0.3) is 0 Å². The molecular formula is C15H18BrNO4. The number of hydrogen-bond donors (Lipinski definition) is 1. The number of carboxylic acids is 1. The standard InChI is InChI=1S/C15H18BrNO4/c16-12-3-1-11(2-4-12)15(20)17(8-5-14(18)19)13-6-9-21-10-7-13/h1-4,13H,5-10H2,(H,18,19). The smallest absolute Gasteiger partial charge is 0.305 e. The number of carbonyl (C=O) groups excluding carboxylic acids is 1. The summed E-state index contributed by atoms with van der Waals surface area (Å²) in [5.74, 6) is -1.01. The Bertz CT molecular complexity index is 497. The molecule has 0 aliphatic carbocycles. The van der Waals surface area contributed by atoms with Gasteiger partial charge in [-0.1, -0.05) is 15.9 Å². The topological polar surface area (TPSA) is 66.8 Å². The second-order valence-corrected chi connectivity index (χ2v) is 5.91. The molecule has 1 N–H and O–H groups in total. The quantitative estimate of drug-likeness (QED) is 0.881. The van der Waals surface area contributed by atoms with Crippen LogP contribution in [0.15, 0.2) is 28.7 Å². The van der Waals surface area contributed by atoms with Crippen molar-refractivity contribution in [3.8, 4) is 0 Å². The van der Waals surface area contributed by atoms with Crippen LogP contribution < -0.4 is 0 Å². The van der Waals surface area contributed by atoms with Gasteiger partial charge in [-0.3, -0.25) is 9.59 Å². The van der Waals surface area contributed by atoms with Crippen molar-refractivity contribution < 1.29 is 19.4 Å². The van der Waals surface area contributed by atoms with E-state index in [4.69, 9.17) is 9.84 Å². The molecule has 1 aliphatic rings. The van der Waals surface area contributed by atoms with Gasteiger partial charge in [0.15, 0.2) is 0 Å². The molecule has 1 fully saturated rings. The van der Waals surface area contributed by atoms with E-state index in [1.807, 2.05) is 12.1 Å². The van der Waals surface area contributed by atoms with Gasteiger partial charge in [0.05, 0.1) is 6.42 Å². The Kier molecular flexibility index (Phi) is 5.76. The van der Waals surface area contributed by atoms with E-state index in [1.54, 1.807) is 17.0 Å². The lowest BCUT2D eigenvalue weighted by Crippen LogP contribution is -2.44. The number of nitrogens with zero attached hydrogens (tertiary/aromatic N) is 1. The maximum Gasteiger partial charge on any atom is 0.305 e. The van der Waals surface area contributed by atoms with Gasteiger partial charge in [0, 0.05) is 35.8 Å². The maximum atomic E-state index is 12.6. The first kappa shape index (κ1) is 16.0. The fourth-order valence-electron chi connectivity index (χ4n) is 2.42. The van der Waals surface area contributed by atoms with Gasteiger partial charge in [-0.25, -0.2) is 0 Å². The number of halogens is 1. The van der Waals surface area contributed by atoms with Gasteiger partial charge in [-0.15, -0.1) is 0 Å². The Morgan fingerprint density at radius 1 is 1.24 bits per heavy atom. The van der Waals surface area contributed by atoms with Gasteiger partial charge in [-0.05, 0) is 37.1 Å². The van der Waals surface area contributed by atoms with Crippen LogP contribution in [0, 0.1) is 0 Å². The summed E-state index contributed by atoms with van der Waals surface area (Å²) in [6.45, 7) is 1.46. The van der Waals surface area contributed by atoms with E-state index in [1.165, 1.54) is 0 Å². The molecule has 1 heterocycles. The van der Waals surface area contributed by atoms with Gasteiger partial charge < -0.3 is 14.7 Å². The van der Waals surface area contributed by atoms with E-state index in [2.05, 4.69) is 15.9 Å². The molecule has 5 nitrogen and oxygen atoms in total. The van der Waals surface area contributed by atoms with Crippen molar-refractivity contribution in [3.05, 3.63) is 34.3 Å². The number of amides is 1. The summed E-state index contributed by atoms with van der Waals surface area (Å²) in [6, 6.07) is 7.17. The monoisotopic (exact) mass is 355 g/mol. The first-order valence-corrected chi connectivity index (χ1v) is 7.73. The molecule has 1 amide bonds. The summed E-state index contributed by atoms with van der Waals surface area (Å²) < 4.78 is 6.22. The van der Waals surface area contributed by atoms with Crippen LogP contribution in [0.3, 0.4) is 0 Å². The molecule has 0 radical (unpaired) electrons. The molecule has 0 unspecified atom stereocenters. The number of ether oxygens (including phenoxy) is 1. The van der Waals surface area contributed by atoms with E-state index in [-0.39, 0.29) is 24.9 Å². The molecule has 0 saturated carbocycles. The molecule has 21 heavy (non-hydrogen) atoms. The fraction of sp³-hybridized carbons (Fsp3) is 0.467. The van der Waals surface area contributed by atoms with Crippen LogP contribution in [-0.4, -0.2) is 47.7 Å². The molecule has 1 aromatic carbocycles. The van der Waals surface area contributed by atoms with Crippen LogP contribution >= 0.6 is 15.9 Å². The molecule has 1 saturated heterocycles. The zero-order valence-corrected chi connectivity index (χ0v) is 13.2. The van der Waals surface area contributed by atoms with Gasteiger partial charge in [0.25, 0.3) is 5.91 Å². The number of benzene rings is 1. The van der Waals surface area contributed by atoms with E-state index < -0.39 is 5.97 Å².